The molecule has 0 aromatic heterocycles. The van der Waals surface area contributed by atoms with E-state index >= 15 is 0 Å². The summed E-state index contributed by atoms with van der Waals surface area (Å²) in [6.07, 6.45) is 13.6. The van der Waals surface area contributed by atoms with Gasteiger partial charge in [0, 0.05) is 30.9 Å². The second-order valence-corrected chi connectivity index (χ2v) is 10.6. The van der Waals surface area contributed by atoms with Crippen molar-refractivity contribution in [1.82, 2.24) is 16.0 Å². The summed E-state index contributed by atoms with van der Waals surface area (Å²) in [5.41, 5.74) is 5.39. The van der Waals surface area contributed by atoms with Gasteiger partial charge in [0.1, 0.15) is 18.6 Å². The lowest BCUT2D eigenvalue weighted by Crippen LogP contribution is -2.49. The van der Waals surface area contributed by atoms with Gasteiger partial charge < -0.3 is 31.9 Å². The van der Waals surface area contributed by atoms with Crippen LogP contribution in [0.5, 0.6) is 0 Å². The van der Waals surface area contributed by atoms with Crippen LogP contribution in [0.2, 0.25) is 0 Å². The summed E-state index contributed by atoms with van der Waals surface area (Å²) in [6.45, 7) is 2.05. The summed E-state index contributed by atoms with van der Waals surface area (Å²) in [5, 5.41) is 25.2. The highest BCUT2D eigenvalue weighted by Crippen LogP contribution is 2.12. The minimum absolute atomic E-state index is 0.0136. The van der Waals surface area contributed by atoms with Crippen molar-refractivity contribution < 1.29 is 34.2 Å². The van der Waals surface area contributed by atoms with Crippen LogP contribution in [0, 0.1) is 0 Å². The number of nitrogens with one attached hydrogen (secondary N) is 3. The first kappa shape index (κ1) is 35.7. The van der Waals surface area contributed by atoms with E-state index in [9.17, 15) is 24.0 Å². The Balaban J connectivity index is 4.09. The van der Waals surface area contributed by atoms with Crippen molar-refractivity contribution in [2.75, 3.05) is 24.6 Å². The number of aliphatic carboxylic acids is 2. The summed E-state index contributed by atoms with van der Waals surface area (Å²) in [4.78, 5) is 58.0. The van der Waals surface area contributed by atoms with E-state index in [-0.39, 0.29) is 24.5 Å². The molecular formula is C26H48N4O7S. The molecule has 38 heavy (non-hydrogen) atoms. The van der Waals surface area contributed by atoms with Crippen LogP contribution in [0.25, 0.3) is 0 Å². The molecule has 11 nitrogen and oxygen atoms in total. The molecule has 0 aromatic rings. The molecule has 2 atom stereocenters. The Bertz CT molecular complexity index is 709. The summed E-state index contributed by atoms with van der Waals surface area (Å²) < 4.78 is 0. The fourth-order valence-corrected chi connectivity index (χ4v) is 4.53. The van der Waals surface area contributed by atoms with Crippen molar-refractivity contribution >= 4 is 41.4 Å². The van der Waals surface area contributed by atoms with E-state index in [2.05, 4.69) is 22.9 Å². The van der Waals surface area contributed by atoms with Crippen molar-refractivity contribution in [2.24, 2.45) is 5.73 Å². The Morgan fingerprint density at radius 2 is 1.37 bits per heavy atom. The molecule has 3 amide bonds. The maximum absolute atomic E-state index is 12.3. The highest BCUT2D eigenvalue weighted by molar-refractivity contribution is 7.99. The number of unbranched alkanes of at least 4 members (excludes halogenated alkanes) is 10. The van der Waals surface area contributed by atoms with Crippen LogP contribution in [0.3, 0.4) is 0 Å². The van der Waals surface area contributed by atoms with Gasteiger partial charge in [0.25, 0.3) is 0 Å². The van der Waals surface area contributed by atoms with Gasteiger partial charge in [0.15, 0.2) is 0 Å². The number of carbonyl (C=O) groups excluding carboxylic acids is 3. The van der Waals surface area contributed by atoms with Crippen LogP contribution in [-0.4, -0.2) is 76.6 Å². The van der Waals surface area contributed by atoms with E-state index in [1.807, 2.05) is 0 Å². The molecule has 220 valence electrons. The average molecular weight is 561 g/mol. The Kier molecular flexibility index (Phi) is 22.3. The number of thioether (sulfide) groups is 1. The molecule has 0 saturated carbocycles. The first-order valence-electron chi connectivity index (χ1n) is 13.8. The number of amides is 3. The van der Waals surface area contributed by atoms with Gasteiger partial charge in [-0.25, -0.2) is 0 Å². The van der Waals surface area contributed by atoms with Gasteiger partial charge in [0.2, 0.25) is 17.7 Å². The van der Waals surface area contributed by atoms with Gasteiger partial charge in [-0.05, 0) is 12.8 Å². The minimum atomic E-state index is -1.23. The highest BCUT2D eigenvalue weighted by Gasteiger charge is 2.22. The molecule has 0 spiro atoms. The molecule has 0 aliphatic carbocycles. The van der Waals surface area contributed by atoms with Crippen LogP contribution < -0.4 is 21.7 Å². The third-order valence-electron chi connectivity index (χ3n) is 5.93. The van der Waals surface area contributed by atoms with Gasteiger partial charge in [-0.2, -0.15) is 11.8 Å². The molecule has 7 N–H and O–H groups in total. The van der Waals surface area contributed by atoms with E-state index in [0.717, 1.165) is 19.3 Å². The lowest BCUT2D eigenvalue weighted by atomic mass is 10.1. The lowest BCUT2D eigenvalue weighted by molar-refractivity contribution is -0.139. The third-order valence-corrected chi connectivity index (χ3v) is 6.99. The van der Waals surface area contributed by atoms with Gasteiger partial charge in [-0.1, -0.05) is 71.1 Å². The van der Waals surface area contributed by atoms with Crippen LogP contribution in [-0.2, 0) is 24.0 Å². The second kappa shape index (κ2) is 23.8. The normalized spacial score (nSPS) is 12.4. The van der Waals surface area contributed by atoms with Crippen LogP contribution in [0.4, 0.5) is 0 Å². The van der Waals surface area contributed by atoms with Crippen molar-refractivity contribution in [3.05, 3.63) is 0 Å². The average Bonchev–Trinajstić information content (AvgIpc) is 2.87. The van der Waals surface area contributed by atoms with Crippen molar-refractivity contribution in [1.29, 1.82) is 0 Å². The molecule has 2 unspecified atom stereocenters. The summed E-state index contributed by atoms with van der Waals surface area (Å²) in [6, 6.07) is -2.19. The number of carboxylic acids is 2. The molecule has 0 fully saturated rings. The standard InChI is InChI=1S/C26H48N4O7S/c1-2-3-4-5-6-7-8-9-10-11-12-13-22(31)28-16-17-38-19-21(25(35)29-18-24(33)34)30-23(32)15-14-20(27)26(36)37/h20-21H,2-19,27H2,1H3,(H,28,31)(H,29,35)(H,30,32)(H,33,34)(H,36,37). The molecular weight excluding hydrogens is 512 g/mol. The fourth-order valence-electron chi connectivity index (χ4n) is 3.65. The zero-order chi connectivity index (χ0) is 28.6. The minimum Gasteiger partial charge on any atom is -0.480 e. The van der Waals surface area contributed by atoms with Crippen LogP contribution >= 0.6 is 11.8 Å². The highest BCUT2D eigenvalue weighted by atomic mass is 32.2. The maximum Gasteiger partial charge on any atom is 0.322 e. The maximum atomic E-state index is 12.3. The Morgan fingerprint density at radius 3 is 1.92 bits per heavy atom. The van der Waals surface area contributed by atoms with Gasteiger partial charge in [-0.3, -0.25) is 24.0 Å². The Hall–Kier alpha value is -2.34. The first-order valence-corrected chi connectivity index (χ1v) is 14.9. The molecule has 0 aliphatic heterocycles. The number of nitrogens with two attached hydrogens (primary N) is 1. The molecule has 0 saturated heterocycles. The van der Waals surface area contributed by atoms with Crippen LogP contribution in [0.1, 0.15) is 96.8 Å². The van der Waals surface area contributed by atoms with Crippen LogP contribution in [0.15, 0.2) is 0 Å². The van der Waals surface area contributed by atoms with Gasteiger partial charge >= 0.3 is 11.9 Å². The summed E-state index contributed by atoms with van der Waals surface area (Å²) in [7, 11) is 0. The monoisotopic (exact) mass is 560 g/mol. The number of rotatable bonds is 25. The van der Waals surface area contributed by atoms with E-state index in [1.54, 1.807) is 0 Å². The van der Waals surface area contributed by atoms with Crippen molar-refractivity contribution in [2.45, 2.75) is 109 Å². The predicted molar refractivity (Wildman–Crippen MR) is 149 cm³/mol. The zero-order valence-corrected chi connectivity index (χ0v) is 23.6. The van der Waals surface area contributed by atoms with Crippen molar-refractivity contribution in [3.8, 4) is 0 Å². The lowest BCUT2D eigenvalue weighted by Gasteiger charge is -2.18. The summed E-state index contributed by atoms with van der Waals surface area (Å²) >= 11 is 1.33. The van der Waals surface area contributed by atoms with E-state index in [4.69, 9.17) is 15.9 Å². The smallest absolute Gasteiger partial charge is 0.322 e. The number of carboxylic acid groups (broad SMARTS) is 2. The topological polar surface area (TPSA) is 188 Å². The number of carbonyl (C=O) groups is 5. The molecule has 0 heterocycles. The molecule has 0 rings (SSSR count). The largest absolute Gasteiger partial charge is 0.480 e. The number of hydrogen-bond donors (Lipinski definition) is 6. The quantitative estimate of drug-likeness (QED) is 0.0911. The molecule has 0 radical (unpaired) electrons. The summed E-state index contributed by atoms with van der Waals surface area (Å²) in [5.74, 6) is -3.00. The van der Waals surface area contributed by atoms with E-state index < -0.39 is 42.4 Å². The van der Waals surface area contributed by atoms with Gasteiger partial charge in [0.05, 0.1) is 0 Å². The third kappa shape index (κ3) is 21.7. The zero-order valence-electron chi connectivity index (χ0n) is 22.8. The van der Waals surface area contributed by atoms with E-state index in [1.165, 1.54) is 63.1 Å². The fraction of sp³-hybridized carbons (Fsp3) is 0.808. The van der Waals surface area contributed by atoms with E-state index in [0.29, 0.717) is 18.7 Å². The molecule has 0 aliphatic rings. The predicted octanol–water partition coefficient (Wildman–Crippen LogP) is 2.41. The Labute approximate surface area is 230 Å². The first-order chi connectivity index (χ1) is 18.2. The molecule has 0 aromatic carbocycles. The molecule has 12 heteroatoms. The van der Waals surface area contributed by atoms with Gasteiger partial charge in [-0.15, -0.1) is 0 Å². The molecule has 0 bridgehead atoms. The van der Waals surface area contributed by atoms with Crippen molar-refractivity contribution in [3.63, 3.8) is 0 Å². The number of hydrogen-bond acceptors (Lipinski definition) is 7. The SMILES string of the molecule is CCCCCCCCCCCCCC(=O)NCCSCC(NC(=O)CCC(N)C(=O)O)C(=O)NCC(=O)O. The second-order valence-electron chi connectivity index (χ2n) is 9.43. The Morgan fingerprint density at radius 1 is 0.789 bits per heavy atom.